The molecule has 7 heteroatoms. The Kier molecular flexibility index (Phi) is 6.55. The molecule has 0 bridgehead atoms. The molecule has 2 amide bonds. The maximum absolute atomic E-state index is 12.6. The minimum atomic E-state index is -1.29. The number of benzene rings is 1. The van der Waals surface area contributed by atoms with Crippen molar-refractivity contribution in [2.75, 3.05) is 7.11 Å². The van der Waals surface area contributed by atoms with Gasteiger partial charge in [-0.2, -0.15) is 0 Å². The summed E-state index contributed by atoms with van der Waals surface area (Å²) in [4.78, 5) is 36.5. The van der Waals surface area contributed by atoms with Crippen LogP contribution in [-0.4, -0.2) is 36.2 Å². The van der Waals surface area contributed by atoms with Crippen LogP contribution < -0.4 is 10.6 Å². The van der Waals surface area contributed by atoms with Gasteiger partial charge < -0.3 is 20.1 Å². The van der Waals surface area contributed by atoms with Gasteiger partial charge in [-0.3, -0.25) is 4.79 Å². The second-order valence-electron chi connectivity index (χ2n) is 7.09. The van der Waals surface area contributed by atoms with E-state index in [1.807, 2.05) is 0 Å². The Morgan fingerprint density at radius 3 is 2.04 bits per heavy atom. The molecule has 0 heterocycles. The number of hydrogen-bond acceptors (Lipinski definition) is 5. The highest BCUT2D eigenvalue weighted by Gasteiger charge is 2.35. The highest BCUT2D eigenvalue weighted by atomic mass is 16.6. The van der Waals surface area contributed by atoms with Gasteiger partial charge in [0.25, 0.3) is 0 Å². The number of alkyl carbamates (subject to hydrolysis) is 1. The van der Waals surface area contributed by atoms with Crippen molar-refractivity contribution in [1.29, 1.82) is 0 Å². The zero-order valence-electron chi connectivity index (χ0n) is 15.5. The van der Waals surface area contributed by atoms with E-state index in [4.69, 9.17) is 9.47 Å². The summed E-state index contributed by atoms with van der Waals surface area (Å²) < 4.78 is 9.92. The minimum absolute atomic E-state index is 0.544. The lowest BCUT2D eigenvalue weighted by Gasteiger charge is -2.29. The van der Waals surface area contributed by atoms with E-state index in [-0.39, 0.29) is 0 Å². The van der Waals surface area contributed by atoms with Crippen LogP contribution in [0, 0.1) is 0 Å². The quantitative estimate of drug-likeness (QED) is 0.795. The second kappa shape index (κ2) is 8.00. The van der Waals surface area contributed by atoms with Gasteiger partial charge >= 0.3 is 12.1 Å². The minimum Gasteiger partial charge on any atom is -0.467 e. The first kappa shape index (κ1) is 20.5. The molecule has 0 saturated heterocycles. The number of carbonyl (C=O) groups is 3. The van der Waals surface area contributed by atoms with Crippen LogP contribution in [-0.2, 0) is 19.1 Å². The molecule has 0 aliphatic carbocycles. The van der Waals surface area contributed by atoms with Crippen LogP contribution in [0.2, 0.25) is 0 Å². The van der Waals surface area contributed by atoms with Crippen LogP contribution in [0.25, 0.3) is 0 Å². The van der Waals surface area contributed by atoms with Gasteiger partial charge in [0.15, 0.2) is 6.04 Å². The van der Waals surface area contributed by atoms with E-state index in [2.05, 4.69) is 10.6 Å². The Balaban J connectivity index is 2.88. The molecular formula is C18H26N2O5. The largest absolute Gasteiger partial charge is 0.467 e. The van der Waals surface area contributed by atoms with Gasteiger partial charge in [0.2, 0.25) is 5.91 Å². The SMILES string of the molecule is COC(=O)[C@H](NC(=O)C(C)(C)NC(=O)OC(C)(C)C)c1ccccc1. The van der Waals surface area contributed by atoms with E-state index in [1.54, 1.807) is 51.1 Å². The van der Waals surface area contributed by atoms with E-state index >= 15 is 0 Å². The second-order valence-corrected chi connectivity index (χ2v) is 7.09. The van der Waals surface area contributed by atoms with Crippen molar-refractivity contribution in [2.45, 2.75) is 51.8 Å². The van der Waals surface area contributed by atoms with Crippen molar-refractivity contribution < 1.29 is 23.9 Å². The molecule has 0 unspecified atom stereocenters. The van der Waals surface area contributed by atoms with Crippen molar-refractivity contribution in [2.24, 2.45) is 0 Å². The van der Waals surface area contributed by atoms with Gasteiger partial charge in [0.1, 0.15) is 11.1 Å². The summed E-state index contributed by atoms with van der Waals surface area (Å²) in [5.74, 6) is -1.15. The molecule has 138 valence electrons. The Bertz CT molecular complexity index is 620. The predicted octanol–water partition coefficient (Wildman–Crippen LogP) is 2.32. The number of hydrogen-bond donors (Lipinski definition) is 2. The standard InChI is InChI=1S/C18H26N2O5/c1-17(2,3)25-16(23)20-18(4,5)15(22)19-13(14(21)24-6)12-10-8-7-9-11-12/h7-11,13H,1-6H3,(H,19,22)(H,20,23)/t13-/m1/s1. The predicted molar refractivity (Wildman–Crippen MR) is 92.8 cm³/mol. The average molecular weight is 350 g/mol. The van der Waals surface area contributed by atoms with E-state index in [0.29, 0.717) is 5.56 Å². The van der Waals surface area contributed by atoms with Gasteiger partial charge in [0.05, 0.1) is 7.11 Å². The number of nitrogens with one attached hydrogen (secondary N) is 2. The molecule has 0 radical (unpaired) electrons. The number of methoxy groups -OCH3 is 1. The van der Waals surface area contributed by atoms with Crippen molar-refractivity contribution >= 4 is 18.0 Å². The third kappa shape index (κ3) is 6.45. The number of amides is 2. The van der Waals surface area contributed by atoms with Crippen LogP contribution in [0.3, 0.4) is 0 Å². The number of ether oxygens (including phenoxy) is 2. The van der Waals surface area contributed by atoms with Gasteiger partial charge in [0, 0.05) is 0 Å². The van der Waals surface area contributed by atoms with Crippen molar-refractivity contribution in [3.63, 3.8) is 0 Å². The first-order valence-electron chi connectivity index (χ1n) is 7.91. The van der Waals surface area contributed by atoms with E-state index in [0.717, 1.165) is 0 Å². The molecule has 0 spiro atoms. The van der Waals surface area contributed by atoms with Crippen molar-refractivity contribution in [3.8, 4) is 0 Å². The third-order valence-corrected chi connectivity index (χ3v) is 3.23. The van der Waals surface area contributed by atoms with Crippen molar-refractivity contribution in [3.05, 3.63) is 35.9 Å². The summed E-state index contributed by atoms with van der Waals surface area (Å²) in [6, 6.07) is 7.74. The molecule has 25 heavy (non-hydrogen) atoms. The normalized spacial score (nSPS) is 12.7. The number of esters is 1. The van der Waals surface area contributed by atoms with Gasteiger partial charge in [-0.25, -0.2) is 9.59 Å². The summed E-state index contributed by atoms with van der Waals surface area (Å²) in [5.41, 5.74) is -1.39. The highest BCUT2D eigenvalue weighted by Crippen LogP contribution is 2.16. The number of carbonyl (C=O) groups excluding carboxylic acids is 3. The lowest BCUT2D eigenvalue weighted by atomic mass is 10.0. The van der Waals surface area contributed by atoms with Gasteiger partial charge in [-0.1, -0.05) is 30.3 Å². The monoisotopic (exact) mass is 350 g/mol. The smallest absolute Gasteiger partial charge is 0.408 e. The summed E-state index contributed by atoms with van der Waals surface area (Å²) >= 11 is 0. The molecule has 1 aromatic carbocycles. The molecule has 2 N–H and O–H groups in total. The van der Waals surface area contributed by atoms with Gasteiger partial charge in [-0.15, -0.1) is 0 Å². The van der Waals surface area contributed by atoms with Crippen LogP contribution >= 0.6 is 0 Å². The lowest BCUT2D eigenvalue weighted by Crippen LogP contribution is -2.56. The third-order valence-electron chi connectivity index (χ3n) is 3.23. The molecule has 0 fully saturated rings. The summed E-state index contributed by atoms with van der Waals surface area (Å²) in [7, 11) is 1.24. The van der Waals surface area contributed by atoms with Crippen LogP contribution in [0.4, 0.5) is 4.79 Å². The van der Waals surface area contributed by atoms with E-state index < -0.39 is 35.2 Å². The Morgan fingerprint density at radius 2 is 1.56 bits per heavy atom. The zero-order valence-corrected chi connectivity index (χ0v) is 15.5. The fourth-order valence-electron chi connectivity index (χ4n) is 1.97. The topological polar surface area (TPSA) is 93.7 Å². The maximum atomic E-state index is 12.6. The Hall–Kier alpha value is -2.57. The molecule has 7 nitrogen and oxygen atoms in total. The van der Waals surface area contributed by atoms with Crippen molar-refractivity contribution in [1.82, 2.24) is 10.6 Å². The molecule has 0 aliphatic heterocycles. The summed E-state index contributed by atoms with van der Waals surface area (Å²) in [6.45, 7) is 8.21. The van der Waals surface area contributed by atoms with Gasteiger partial charge in [-0.05, 0) is 40.2 Å². The molecule has 1 atom stereocenters. The van der Waals surface area contributed by atoms with E-state index in [9.17, 15) is 14.4 Å². The zero-order chi connectivity index (χ0) is 19.3. The summed E-state index contributed by atoms with van der Waals surface area (Å²) in [5, 5.41) is 5.11. The molecule has 1 aromatic rings. The first-order chi connectivity index (χ1) is 11.5. The van der Waals surface area contributed by atoms with Crippen LogP contribution in [0.5, 0.6) is 0 Å². The highest BCUT2D eigenvalue weighted by molar-refractivity contribution is 5.92. The fourth-order valence-corrected chi connectivity index (χ4v) is 1.97. The number of rotatable bonds is 5. The van der Waals surface area contributed by atoms with Crippen LogP contribution in [0.1, 0.15) is 46.2 Å². The Morgan fingerprint density at radius 1 is 1.00 bits per heavy atom. The average Bonchev–Trinajstić information content (AvgIpc) is 2.49. The molecule has 1 rings (SSSR count). The first-order valence-corrected chi connectivity index (χ1v) is 7.91. The molecular weight excluding hydrogens is 324 g/mol. The van der Waals surface area contributed by atoms with E-state index in [1.165, 1.54) is 21.0 Å². The molecule has 0 aliphatic rings. The fraction of sp³-hybridized carbons (Fsp3) is 0.500. The summed E-state index contributed by atoms with van der Waals surface area (Å²) in [6.07, 6.45) is -0.720. The molecule has 0 aromatic heterocycles. The Labute approximate surface area is 148 Å². The lowest BCUT2D eigenvalue weighted by molar-refractivity contribution is -0.146. The van der Waals surface area contributed by atoms with Crippen LogP contribution in [0.15, 0.2) is 30.3 Å². The molecule has 0 saturated carbocycles. The maximum Gasteiger partial charge on any atom is 0.408 e.